The van der Waals surface area contributed by atoms with Crippen LogP contribution in [0.3, 0.4) is 0 Å². The van der Waals surface area contributed by atoms with Gasteiger partial charge in [-0.25, -0.2) is 4.98 Å². The number of nitrogens with two attached hydrogens (primary N) is 1. The number of hydrogen-bond acceptors (Lipinski definition) is 5. The van der Waals surface area contributed by atoms with Gasteiger partial charge in [-0.2, -0.15) is 9.61 Å². The quantitative estimate of drug-likeness (QED) is 0.754. The van der Waals surface area contributed by atoms with Crippen molar-refractivity contribution in [2.75, 3.05) is 25.5 Å². The molecule has 0 aliphatic rings. The summed E-state index contributed by atoms with van der Waals surface area (Å²) >= 11 is 0. The highest BCUT2D eigenvalue weighted by Crippen LogP contribution is 2.23. The minimum Gasteiger partial charge on any atom is -0.497 e. The summed E-state index contributed by atoms with van der Waals surface area (Å²) in [5.41, 5.74) is 9.20. The Morgan fingerprint density at radius 3 is 2.68 bits per heavy atom. The maximum Gasteiger partial charge on any atom is 0.158 e. The molecule has 22 heavy (non-hydrogen) atoms. The molecule has 0 aliphatic carbocycles. The van der Waals surface area contributed by atoms with Gasteiger partial charge in [0.2, 0.25) is 0 Å². The Morgan fingerprint density at radius 2 is 2.00 bits per heavy atom. The van der Waals surface area contributed by atoms with Crippen molar-refractivity contribution in [3.8, 4) is 17.0 Å². The largest absolute Gasteiger partial charge is 0.497 e. The molecule has 0 saturated heterocycles. The zero-order valence-corrected chi connectivity index (χ0v) is 12.7. The number of aryl methyl sites for hydroxylation is 1. The van der Waals surface area contributed by atoms with Crippen LogP contribution in [0.25, 0.3) is 16.9 Å². The third kappa shape index (κ3) is 2.73. The number of methoxy groups -OCH3 is 1. The van der Waals surface area contributed by atoms with Crippen molar-refractivity contribution in [3.05, 3.63) is 42.1 Å². The van der Waals surface area contributed by atoms with E-state index >= 15 is 0 Å². The van der Waals surface area contributed by atoms with Crippen LogP contribution >= 0.6 is 0 Å². The molecule has 0 saturated carbocycles. The molecule has 2 aromatic heterocycles. The molecule has 0 unspecified atom stereocenters. The highest BCUT2D eigenvalue weighted by Gasteiger charge is 2.09. The lowest BCUT2D eigenvalue weighted by Crippen LogP contribution is -2.15. The summed E-state index contributed by atoms with van der Waals surface area (Å²) in [7, 11) is 1.65. The van der Waals surface area contributed by atoms with Gasteiger partial charge in [-0.15, -0.1) is 0 Å². The monoisotopic (exact) mass is 297 g/mol. The predicted octanol–water partition coefficient (Wildman–Crippen LogP) is 2.08. The molecule has 6 nitrogen and oxygen atoms in total. The van der Waals surface area contributed by atoms with Gasteiger partial charge in [0, 0.05) is 36.5 Å². The molecule has 1 aromatic carbocycles. The van der Waals surface area contributed by atoms with E-state index < -0.39 is 0 Å². The lowest BCUT2D eigenvalue weighted by molar-refractivity contribution is 0.415. The van der Waals surface area contributed by atoms with E-state index in [1.165, 1.54) is 0 Å². The van der Waals surface area contributed by atoms with E-state index in [1.807, 2.05) is 47.8 Å². The molecule has 0 atom stereocenters. The Balaban J connectivity index is 2.04. The Kier molecular flexibility index (Phi) is 3.93. The van der Waals surface area contributed by atoms with E-state index in [0.29, 0.717) is 13.1 Å². The molecule has 0 aliphatic heterocycles. The van der Waals surface area contributed by atoms with Crippen molar-refractivity contribution in [1.29, 1.82) is 0 Å². The van der Waals surface area contributed by atoms with Crippen molar-refractivity contribution in [2.45, 2.75) is 6.92 Å². The van der Waals surface area contributed by atoms with Crippen LogP contribution in [0, 0.1) is 6.92 Å². The third-order valence-electron chi connectivity index (χ3n) is 3.39. The Hall–Kier alpha value is -2.60. The zero-order chi connectivity index (χ0) is 15.5. The van der Waals surface area contributed by atoms with Crippen LogP contribution in [0.2, 0.25) is 0 Å². The van der Waals surface area contributed by atoms with E-state index in [-0.39, 0.29) is 0 Å². The summed E-state index contributed by atoms with van der Waals surface area (Å²) in [6.45, 7) is 3.22. The molecule has 3 rings (SSSR count). The van der Waals surface area contributed by atoms with E-state index in [0.717, 1.165) is 34.2 Å². The number of anilines is 1. The number of rotatable bonds is 5. The Labute approximate surface area is 128 Å². The summed E-state index contributed by atoms with van der Waals surface area (Å²) in [6, 6.07) is 11.8. The van der Waals surface area contributed by atoms with Gasteiger partial charge in [0.05, 0.1) is 12.8 Å². The minimum atomic E-state index is 0.565. The zero-order valence-electron chi connectivity index (χ0n) is 12.7. The molecule has 0 radical (unpaired) electrons. The highest BCUT2D eigenvalue weighted by molar-refractivity contribution is 5.66. The molecule has 0 spiro atoms. The number of ether oxygens (including phenoxy) is 1. The molecule has 0 amide bonds. The SMILES string of the molecule is COc1ccc(-c2cc3nc(C)cc(NCCN)n3n2)cc1. The van der Waals surface area contributed by atoms with Crippen LogP contribution in [0.5, 0.6) is 5.75 Å². The van der Waals surface area contributed by atoms with E-state index in [2.05, 4.69) is 15.4 Å². The van der Waals surface area contributed by atoms with Crippen molar-refractivity contribution >= 4 is 11.5 Å². The van der Waals surface area contributed by atoms with Gasteiger partial charge < -0.3 is 15.8 Å². The fourth-order valence-corrected chi connectivity index (χ4v) is 2.33. The molecule has 0 bridgehead atoms. The van der Waals surface area contributed by atoms with E-state index in [9.17, 15) is 0 Å². The second kappa shape index (κ2) is 6.03. The molecule has 6 heteroatoms. The molecular weight excluding hydrogens is 278 g/mol. The van der Waals surface area contributed by atoms with Crippen molar-refractivity contribution in [3.63, 3.8) is 0 Å². The molecule has 3 N–H and O–H groups in total. The first-order valence-corrected chi connectivity index (χ1v) is 7.17. The molecule has 2 heterocycles. The molecule has 114 valence electrons. The van der Waals surface area contributed by atoms with Crippen LogP contribution in [0.1, 0.15) is 5.69 Å². The average Bonchev–Trinajstić information content (AvgIpc) is 2.96. The first kappa shape index (κ1) is 14.3. The summed E-state index contributed by atoms with van der Waals surface area (Å²) in [5, 5.41) is 7.92. The number of nitrogens with one attached hydrogen (secondary N) is 1. The fourth-order valence-electron chi connectivity index (χ4n) is 2.33. The molecule has 3 aromatic rings. The summed E-state index contributed by atoms with van der Waals surface area (Å²) in [5.74, 6) is 1.72. The van der Waals surface area contributed by atoms with E-state index in [1.54, 1.807) is 7.11 Å². The van der Waals surface area contributed by atoms with Crippen LogP contribution in [0.4, 0.5) is 5.82 Å². The number of fused-ring (bicyclic) bond motifs is 1. The Morgan fingerprint density at radius 1 is 1.23 bits per heavy atom. The lowest BCUT2D eigenvalue weighted by Gasteiger charge is -2.07. The summed E-state index contributed by atoms with van der Waals surface area (Å²) in [6.07, 6.45) is 0. The van der Waals surface area contributed by atoms with Gasteiger partial charge in [-0.1, -0.05) is 0 Å². The smallest absolute Gasteiger partial charge is 0.158 e. The van der Waals surface area contributed by atoms with Crippen LogP contribution in [-0.2, 0) is 0 Å². The van der Waals surface area contributed by atoms with Crippen LogP contribution in [-0.4, -0.2) is 34.8 Å². The molecular formula is C16H19N5O. The van der Waals surface area contributed by atoms with Gasteiger partial charge in [0.15, 0.2) is 5.65 Å². The van der Waals surface area contributed by atoms with Crippen LogP contribution < -0.4 is 15.8 Å². The van der Waals surface area contributed by atoms with Crippen molar-refractivity contribution < 1.29 is 4.74 Å². The Bertz CT molecular complexity index is 779. The normalized spacial score (nSPS) is 10.9. The average molecular weight is 297 g/mol. The standard InChI is InChI=1S/C16H19N5O/c1-11-9-15(18-8-7-17)21-16(19-11)10-14(20-21)12-3-5-13(22-2)6-4-12/h3-6,9-10,18H,7-8,17H2,1-2H3. The first-order chi connectivity index (χ1) is 10.7. The second-order valence-electron chi connectivity index (χ2n) is 5.03. The summed E-state index contributed by atoms with van der Waals surface area (Å²) in [4.78, 5) is 4.53. The van der Waals surface area contributed by atoms with Gasteiger partial charge in [-0.3, -0.25) is 0 Å². The van der Waals surface area contributed by atoms with Gasteiger partial charge in [-0.05, 0) is 31.2 Å². The second-order valence-corrected chi connectivity index (χ2v) is 5.03. The van der Waals surface area contributed by atoms with Crippen molar-refractivity contribution in [2.24, 2.45) is 5.73 Å². The van der Waals surface area contributed by atoms with Gasteiger partial charge in [0.25, 0.3) is 0 Å². The highest BCUT2D eigenvalue weighted by atomic mass is 16.5. The minimum absolute atomic E-state index is 0.565. The lowest BCUT2D eigenvalue weighted by atomic mass is 10.1. The van der Waals surface area contributed by atoms with Crippen molar-refractivity contribution in [1.82, 2.24) is 14.6 Å². The maximum absolute atomic E-state index is 5.56. The molecule has 0 fully saturated rings. The predicted molar refractivity (Wildman–Crippen MR) is 87.3 cm³/mol. The van der Waals surface area contributed by atoms with Crippen LogP contribution in [0.15, 0.2) is 36.4 Å². The van der Waals surface area contributed by atoms with Gasteiger partial charge in [0.1, 0.15) is 11.6 Å². The number of benzene rings is 1. The maximum atomic E-state index is 5.56. The number of nitrogens with zero attached hydrogens (tertiary/aromatic N) is 3. The summed E-state index contributed by atoms with van der Waals surface area (Å²) < 4.78 is 6.99. The number of hydrogen-bond donors (Lipinski definition) is 2. The van der Waals surface area contributed by atoms with Gasteiger partial charge >= 0.3 is 0 Å². The number of aromatic nitrogens is 3. The fraction of sp³-hybridized carbons (Fsp3) is 0.250. The first-order valence-electron chi connectivity index (χ1n) is 7.17. The third-order valence-corrected chi connectivity index (χ3v) is 3.39. The topological polar surface area (TPSA) is 77.5 Å². The van der Waals surface area contributed by atoms with E-state index in [4.69, 9.17) is 10.5 Å².